The van der Waals surface area contributed by atoms with E-state index in [9.17, 15) is 9.18 Å². The van der Waals surface area contributed by atoms with E-state index < -0.39 is 11.8 Å². The van der Waals surface area contributed by atoms with Crippen LogP contribution in [0.1, 0.15) is 11.4 Å². The lowest BCUT2D eigenvalue weighted by molar-refractivity contribution is 0.251. The largest absolute Gasteiger partial charge is 0.331 e. The zero-order valence-electron chi connectivity index (χ0n) is 17.4. The van der Waals surface area contributed by atoms with Gasteiger partial charge in [0.05, 0.1) is 22.3 Å². The molecule has 1 heterocycles. The van der Waals surface area contributed by atoms with E-state index in [1.165, 1.54) is 30.0 Å². The average Bonchev–Trinajstić information content (AvgIpc) is 3.23. The fraction of sp³-hybridized carbons (Fsp3) is 0.0870. The topological polar surface area (TPSA) is 71.8 Å². The Bertz CT molecular complexity index is 1320. The highest BCUT2D eigenvalue weighted by Crippen LogP contribution is 2.31. The summed E-state index contributed by atoms with van der Waals surface area (Å²) in [6.07, 6.45) is 0. The lowest BCUT2D eigenvalue weighted by Crippen LogP contribution is -2.29. The second-order valence-corrected chi connectivity index (χ2v) is 9.23. The molecule has 0 aliphatic heterocycles. The number of benzene rings is 3. The molecule has 0 saturated heterocycles. The van der Waals surface area contributed by atoms with Gasteiger partial charge >= 0.3 is 6.03 Å². The number of nitrogens with zero attached hydrogens (tertiary/aromatic N) is 3. The van der Waals surface area contributed by atoms with Crippen molar-refractivity contribution in [1.82, 2.24) is 20.1 Å². The standard InChI is InChI=1S/C23H17Cl3FN5OS/c24-15-6-8-17(25)20(10-15)32-21(30-31-23(32)34-13-14-4-2-1-3-5-14)12-28-22(33)29-16-7-9-19(27)18(26)11-16/h1-11H,12-13H2,(H2,28,29,33). The number of amides is 2. The zero-order chi connectivity index (χ0) is 24.1. The summed E-state index contributed by atoms with van der Waals surface area (Å²) in [5.41, 5.74) is 2.07. The highest BCUT2D eigenvalue weighted by Gasteiger charge is 2.18. The van der Waals surface area contributed by atoms with Crippen molar-refractivity contribution in [3.05, 3.63) is 99.0 Å². The molecule has 0 aliphatic carbocycles. The molecule has 0 spiro atoms. The Morgan fingerprint density at radius 2 is 1.76 bits per heavy atom. The van der Waals surface area contributed by atoms with E-state index in [1.807, 2.05) is 30.3 Å². The highest BCUT2D eigenvalue weighted by atomic mass is 35.5. The molecular weight excluding hydrogens is 520 g/mol. The van der Waals surface area contributed by atoms with Gasteiger partial charge < -0.3 is 10.6 Å². The predicted molar refractivity (Wildman–Crippen MR) is 135 cm³/mol. The van der Waals surface area contributed by atoms with Gasteiger partial charge in [0, 0.05) is 16.5 Å². The van der Waals surface area contributed by atoms with Crippen LogP contribution >= 0.6 is 46.6 Å². The van der Waals surface area contributed by atoms with Crippen molar-refractivity contribution in [2.24, 2.45) is 0 Å². The van der Waals surface area contributed by atoms with Crippen molar-refractivity contribution in [3.63, 3.8) is 0 Å². The van der Waals surface area contributed by atoms with Crippen LogP contribution in [-0.4, -0.2) is 20.8 Å². The van der Waals surface area contributed by atoms with Crippen molar-refractivity contribution in [3.8, 4) is 5.69 Å². The molecule has 3 aromatic carbocycles. The minimum absolute atomic E-state index is 0.0441. The Morgan fingerprint density at radius 3 is 2.53 bits per heavy atom. The molecule has 0 aliphatic rings. The summed E-state index contributed by atoms with van der Waals surface area (Å²) in [4.78, 5) is 12.4. The molecule has 0 atom stereocenters. The van der Waals surface area contributed by atoms with Crippen LogP contribution in [0.2, 0.25) is 15.1 Å². The number of aromatic nitrogens is 3. The second-order valence-electron chi connectivity index (χ2n) is 7.04. The van der Waals surface area contributed by atoms with Crippen LogP contribution in [0, 0.1) is 5.82 Å². The van der Waals surface area contributed by atoms with Crippen LogP contribution in [-0.2, 0) is 12.3 Å². The summed E-state index contributed by atoms with van der Waals surface area (Å²) in [6, 6.07) is 18.4. The van der Waals surface area contributed by atoms with E-state index in [1.54, 1.807) is 22.8 Å². The molecule has 0 saturated carbocycles. The molecule has 4 rings (SSSR count). The maximum atomic E-state index is 13.3. The summed E-state index contributed by atoms with van der Waals surface area (Å²) >= 11 is 19.9. The normalized spacial score (nSPS) is 10.8. The molecule has 0 unspecified atom stereocenters. The number of carbonyl (C=O) groups excluding carboxylic acids is 1. The van der Waals surface area contributed by atoms with Crippen LogP contribution in [0.5, 0.6) is 0 Å². The molecule has 174 valence electrons. The SMILES string of the molecule is O=C(NCc1nnc(SCc2ccccc2)n1-c1cc(Cl)ccc1Cl)Nc1ccc(F)c(Cl)c1. The first-order chi connectivity index (χ1) is 16.4. The van der Waals surface area contributed by atoms with E-state index in [2.05, 4.69) is 20.8 Å². The number of urea groups is 1. The number of anilines is 1. The van der Waals surface area contributed by atoms with Crippen LogP contribution in [0.25, 0.3) is 5.69 Å². The summed E-state index contributed by atoms with van der Waals surface area (Å²) in [5.74, 6) is 0.544. The Balaban J connectivity index is 1.55. The summed E-state index contributed by atoms with van der Waals surface area (Å²) in [5, 5.41) is 15.3. The van der Waals surface area contributed by atoms with E-state index >= 15 is 0 Å². The number of thioether (sulfide) groups is 1. The first-order valence-corrected chi connectivity index (χ1v) is 12.1. The number of nitrogens with one attached hydrogen (secondary N) is 2. The molecule has 2 amide bonds. The Hall–Kier alpha value is -2.78. The summed E-state index contributed by atoms with van der Waals surface area (Å²) in [6.45, 7) is 0.0441. The molecule has 6 nitrogen and oxygen atoms in total. The molecule has 0 bridgehead atoms. The average molecular weight is 537 g/mol. The first kappa shape index (κ1) is 24.3. The molecule has 1 aromatic heterocycles. The molecule has 34 heavy (non-hydrogen) atoms. The second kappa shape index (κ2) is 11.1. The molecule has 0 radical (unpaired) electrons. The highest BCUT2D eigenvalue weighted by molar-refractivity contribution is 7.98. The van der Waals surface area contributed by atoms with Crippen molar-refractivity contribution < 1.29 is 9.18 Å². The third-order valence-electron chi connectivity index (χ3n) is 4.64. The zero-order valence-corrected chi connectivity index (χ0v) is 20.5. The lowest BCUT2D eigenvalue weighted by atomic mass is 10.2. The molecule has 0 fully saturated rings. The number of hydrogen-bond donors (Lipinski definition) is 2. The smallest absolute Gasteiger partial charge is 0.319 e. The Labute approximate surface area is 214 Å². The maximum absolute atomic E-state index is 13.3. The number of hydrogen-bond acceptors (Lipinski definition) is 4. The van der Waals surface area contributed by atoms with E-state index in [-0.39, 0.29) is 11.6 Å². The minimum atomic E-state index is -0.570. The maximum Gasteiger partial charge on any atom is 0.319 e. The van der Waals surface area contributed by atoms with Crippen LogP contribution in [0.15, 0.2) is 71.9 Å². The van der Waals surface area contributed by atoms with Crippen molar-refractivity contribution in [2.75, 3.05) is 5.32 Å². The van der Waals surface area contributed by atoms with E-state index in [0.717, 1.165) is 5.56 Å². The molecule has 2 N–H and O–H groups in total. The fourth-order valence-electron chi connectivity index (χ4n) is 3.04. The van der Waals surface area contributed by atoms with Crippen molar-refractivity contribution in [2.45, 2.75) is 17.5 Å². The monoisotopic (exact) mass is 535 g/mol. The summed E-state index contributed by atoms with van der Waals surface area (Å²) in [7, 11) is 0. The van der Waals surface area contributed by atoms with Gasteiger partial charge in [0.15, 0.2) is 11.0 Å². The first-order valence-electron chi connectivity index (χ1n) is 9.97. The van der Waals surface area contributed by atoms with Gasteiger partial charge in [0.2, 0.25) is 0 Å². The van der Waals surface area contributed by atoms with E-state index in [4.69, 9.17) is 34.8 Å². The van der Waals surface area contributed by atoms with Gasteiger partial charge in [-0.15, -0.1) is 10.2 Å². The quantitative estimate of drug-likeness (QED) is 0.250. The van der Waals surface area contributed by atoms with Gasteiger partial charge in [0.1, 0.15) is 5.82 Å². The Kier molecular flexibility index (Phi) is 7.95. The van der Waals surface area contributed by atoms with Crippen molar-refractivity contribution >= 4 is 58.3 Å². The van der Waals surface area contributed by atoms with Gasteiger partial charge in [-0.1, -0.05) is 76.9 Å². The third kappa shape index (κ3) is 6.01. The van der Waals surface area contributed by atoms with Gasteiger partial charge in [-0.2, -0.15) is 0 Å². The lowest BCUT2D eigenvalue weighted by Gasteiger charge is -2.13. The number of carbonyl (C=O) groups is 1. The predicted octanol–water partition coefficient (Wildman–Crippen LogP) is 6.98. The van der Waals surface area contributed by atoms with Crippen LogP contribution in [0.4, 0.5) is 14.9 Å². The van der Waals surface area contributed by atoms with E-state index in [0.29, 0.717) is 38.2 Å². The molecular formula is C23H17Cl3FN5OS. The molecule has 4 aromatic rings. The van der Waals surface area contributed by atoms with Gasteiger partial charge in [0.25, 0.3) is 0 Å². The molecule has 11 heteroatoms. The van der Waals surface area contributed by atoms with Crippen LogP contribution < -0.4 is 10.6 Å². The van der Waals surface area contributed by atoms with Gasteiger partial charge in [-0.05, 0) is 42.0 Å². The fourth-order valence-corrected chi connectivity index (χ4v) is 4.51. The van der Waals surface area contributed by atoms with Crippen LogP contribution in [0.3, 0.4) is 0 Å². The van der Waals surface area contributed by atoms with Gasteiger partial charge in [-0.3, -0.25) is 4.57 Å². The minimum Gasteiger partial charge on any atom is -0.331 e. The summed E-state index contributed by atoms with van der Waals surface area (Å²) < 4.78 is 15.1. The van der Waals surface area contributed by atoms with Crippen molar-refractivity contribution in [1.29, 1.82) is 0 Å². The van der Waals surface area contributed by atoms with Gasteiger partial charge in [-0.25, -0.2) is 9.18 Å². The number of rotatable bonds is 7. The Morgan fingerprint density at radius 1 is 0.971 bits per heavy atom. The third-order valence-corrected chi connectivity index (χ3v) is 6.49. The number of halogens is 4.